The van der Waals surface area contributed by atoms with E-state index in [9.17, 15) is 13.8 Å². The first kappa shape index (κ1) is 28.0. The zero-order chi connectivity index (χ0) is 26.9. The van der Waals surface area contributed by atoms with Gasteiger partial charge in [-0.25, -0.2) is 13.5 Å². The van der Waals surface area contributed by atoms with Gasteiger partial charge in [0.25, 0.3) is 5.91 Å². The van der Waals surface area contributed by atoms with E-state index in [1.807, 2.05) is 26.0 Å². The second-order valence-electron chi connectivity index (χ2n) is 8.58. The number of aromatic nitrogens is 2. The van der Waals surface area contributed by atoms with Gasteiger partial charge in [-0.2, -0.15) is 0 Å². The quantitative estimate of drug-likeness (QED) is 0.350. The molecule has 37 heavy (non-hydrogen) atoms. The van der Waals surface area contributed by atoms with Crippen LogP contribution in [0.15, 0.2) is 53.7 Å². The highest BCUT2D eigenvalue weighted by atomic mass is 32.2. The molecule has 0 saturated carbocycles. The van der Waals surface area contributed by atoms with Crippen molar-refractivity contribution in [1.29, 1.82) is 0 Å². The SMILES string of the molecule is COc1cc(C)c(S(=O)N(C)CCOCC(=O)N(C)Cc2ccc(C(=O)Nc3ncc[nH]3)cc2)c(C)c1. The Morgan fingerprint density at radius 1 is 1.11 bits per heavy atom. The number of carbonyl (C=O) groups excluding carboxylic acids is 2. The van der Waals surface area contributed by atoms with E-state index in [1.165, 1.54) is 0 Å². The molecule has 1 heterocycles. The average Bonchev–Trinajstić information content (AvgIpc) is 3.39. The molecule has 0 bridgehead atoms. The highest BCUT2D eigenvalue weighted by Gasteiger charge is 2.17. The molecule has 0 spiro atoms. The maximum atomic E-state index is 13.0. The number of aryl methyl sites for hydroxylation is 2. The Kier molecular flexibility index (Phi) is 9.95. The van der Waals surface area contributed by atoms with E-state index in [4.69, 9.17) is 9.47 Å². The Bertz CT molecular complexity index is 1210. The van der Waals surface area contributed by atoms with Crippen LogP contribution in [0.5, 0.6) is 5.75 Å². The van der Waals surface area contributed by atoms with E-state index in [0.717, 1.165) is 27.3 Å². The monoisotopic (exact) mass is 527 g/mol. The van der Waals surface area contributed by atoms with Gasteiger partial charge < -0.3 is 19.4 Å². The zero-order valence-corrected chi connectivity index (χ0v) is 22.6. The number of carbonyl (C=O) groups is 2. The smallest absolute Gasteiger partial charge is 0.257 e. The van der Waals surface area contributed by atoms with Gasteiger partial charge in [0, 0.05) is 45.1 Å². The fraction of sp³-hybridized carbons (Fsp3) is 0.346. The van der Waals surface area contributed by atoms with Crippen LogP contribution in [0.3, 0.4) is 0 Å². The molecule has 0 aliphatic rings. The third-order valence-corrected chi connectivity index (χ3v) is 7.44. The molecule has 198 valence electrons. The lowest BCUT2D eigenvalue weighted by atomic mass is 10.1. The lowest BCUT2D eigenvalue weighted by molar-refractivity contribution is -0.135. The molecule has 0 aliphatic carbocycles. The molecule has 0 radical (unpaired) electrons. The van der Waals surface area contributed by atoms with Gasteiger partial charge in [0.15, 0.2) is 0 Å². The van der Waals surface area contributed by atoms with Crippen molar-refractivity contribution in [3.8, 4) is 5.75 Å². The maximum Gasteiger partial charge on any atom is 0.257 e. The maximum absolute atomic E-state index is 13.0. The predicted molar refractivity (Wildman–Crippen MR) is 142 cm³/mol. The van der Waals surface area contributed by atoms with E-state index in [0.29, 0.717) is 24.6 Å². The van der Waals surface area contributed by atoms with Crippen LogP contribution in [0.4, 0.5) is 5.95 Å². The number of ether oxygens (including phenoxy) is 2. The average molecular weight is 528 g/mol. The van der Waals surface area contributed by atoms with E-state index >= 15 is 0 Å². The number of anilines is 1. The van der Waals surface area contributed by atoms with Gasteiger partial charge in [0.05, 0.1) is 18.6 Å². The number of likely N-dealkylation sites (N-methyl/N-ethyl adjacent to an activating group) is 2. The molecule has 11 heteroatoms. The molecule has 2 N–H and O–H groups in total. The van der Waals surface area contributed by atoms with Crippen molar-refractivity contribution in [3.05, 3.63) is 71.0 Å². The lowest BCUT2D eigenvalue weighted by Crippen LogP contribution is -2.32. The van der Waals surface area contributed by atoms with Crippen LogP contribution in [-0.4, -0.2) is 76.2 Å². The second-order valence-corrected chi connectivity index (χ2v) is 10.1. The Balaban J connectivity index is 1.42. The van der Waals surface area contributed by atoms with Crippen molar-refractivity contribution in [3.63, 3.8) is 0 Å². The van der Waals surface area contributed by atoms with Crippen molar-refractivity contribution >= 4 is 28.7 Å². The standard InChI is InChI=1S/C26H33N5O5S/c1-18-14-22(35-5)15-19(2)24(18)37(34)31(4)12-13-36-17-23(32)30(3)16-20-6-8-21(9-7-20)25(33)29-26-27-10-11-28-26/h6-11,14-15H,12-13,16-17H2,1-5H3,(H2,27,28,29,33). The molecule has 0 fully saturated rings. The molecule has 1 unspecified atom stereocenters. The minimum absolute atomic E-state index is 0.0821. The Labute approximate surface area is 219 Å². The third kappa shape index (κ3) is 7.72. The molecular weight excluding hydrogens is 494 g/mol. The van der Waals surface area contributed by atoms with Crippen LogP contribution in [0.25, 0.3) is 0 Å². The summed E-state index contributed by atoms with van der Waals surface area (Å²) >= 11 is 0. The minimum Gasteiger partial charge on any atom is -0.497 e. The molecule has 10 nitrogen and oxygen atoms in total. The van der Waals surface area contributed by atoms with Gasteiger partial charge in [-0.3, -0.25) is 14.9 Å². The Hall–Kier alpha value is -3.54. The Morgan fingerprint density at radius 3 is 2.38 bits per heavy atom. The van der Waals surface area contributed by atoms with Gasteiger partial charge in [0.1, 0.15) is 23.3 Å². The number of rotatable bonds is 12. The normalized spacial score (nSPS) is 11.8. The zero-order valence-electron chi connectivity index (χ0n) is 21.7. The summed E-state index contributed by atoms with van der Waals surface area (Å²) < 4.78 is 25.5. The highest BCUT2D eigenvalue weighted by molar-refractivity contribution is 7.82. The summed E-state index contributed by atoms with van der Waals surface area (Å²) in [5.74, 6) is 0.659. The largest absolute Gasteiger partial charge is 0.497 e. The summed E-state index contributed by atoms with van der Waals surface area (Å²) in [5, 5.41) is 2.67. The van der Waals surface area contributed by atoms with Crippen molar-refractivity contribution in [2.75, 3.05) is 46.3 Å². The fourth-order valence-electron chi connectivity index (χ4n) is 3.64. The van der Waals surface area contributed by atoms with Crippen LogP contribution in [0.1, 0.15) is 27.0 Å². The number of hydrogen-bond donors (Lipinski definition) is 2. The van der Waals surface area contributed by atoms with Crippen LogP contribution in [0.2, 0.25) is 0 Å². The number of benzene rings is 2. The van der Waals surface area contributed by atoms with Crippen LogP contribution >= 0.6 is 0 Å². The molecule has 2 amide bonds. The summed E-state index contributed by atoms with van der Waals surface area (Å²) in [6.07, 6.45) is 3.18. The molecule has 1 atom stereocenters. The van der Waals surface area contributed by atoms with Crippen molar-refractivity contribution < 1.29 is 23.3 Å². The summed E-state index contributed by atoms with van der Waals surface area (Å²) in [7, 11) is 3.70. The molecule has 2 aromatic carbocycles. The highest BCUT2D eigenvalue weighted by Crippen LogP contribution is 2.25. The van der Waals surface area contributed by atoms with E-state index in [2.05, 4.69) is 15.3 Å². The fourth-order valence-corrected chi connectivity index (χ4v) is 4.86. The van der Waals surface area contributed by atoms with E-state index in [1.54, 1.807) is 67.1 Å². The van der Waals surface area contributed by atoms with Gasteiger partial charge in [0.2, 0.25) is 11.9 Å². The van der Waals surface area contributed by atoms with E-state index < -0.39 is 11.0 Å². The van der Waals surface area contributed by atoms with E-state index in [-0.39, 0.29) is 25.0 Å². The first-order valence-corrected chi connectivity index (χ1v) is 12.8. The first-order chi connectivity index (χ1) is 17.7. The topological polar surface area (TPSA) is 117 Å². The van der Waals surface area contributed by atoms with Crippen molar-refractivity contribution in [1.82, 2.24) is 19.2 Å². The summed E-state index contributed by atoms with van der Waals surface area (Å²) in [4.78, 5) is 33.8. The van der Waals surface area contributed by atoms with Gasteiger partial charge in [-0.15, -0.1) is 0 Å². The number of methoxy groups -OCH3 is 1. The van der Waals surface area contributed by atoms with Crippen LogP contribution in [0, 0.1) is 13.8 Å². The second kappa shape index (κ2) is 13.1. The van der Waals surface area contributed by atoms with Crippen LogP contribution in [-0.2, 0) is 27.1 Å². The number of nitrogens with zero attached hydrogens (tertiary/aromatic N) is 3. The molecule has 3 aromatic rings. The molecular formula is C26H33N5O5S. The van der Waals surface area contributed by atoms with Crippen LogP contribution < -0.4 is 10.1 Å². The lowest BCUT2D eigenvalue weighted by Gasteiger charge is -2.20. The van der Waals surface area contributed by atoms with Gasteiger partial charge in [-0.1, -0.05) is 12.1 Å². The molecule has 0 aliphatic heterocycles. The predicted octanol–water partition coefficient (Wildman–Crippen LogP) is 2.92. The van der Waals surface area contributed by atoms with Gasteiger partial charge in [-0.05, 0) is 54.8 Å². The number of amides is 2. The number of H-pyrrole nitrogens is 1. The molecule has 0 saturated heterocycles. The van der Waals surface area contributed by atoms with Crippen molar-refractivity contribution in [2.45, 2.75) is 25.3 Å². The first-order valence-electron chi connectivity index (χ1n) is 11.7. The molecule has 3 rings (SSSR count). The Morgan fingerprint density at radius 2 is 1.78 bits per heavy atom. The minimum atomic E-state index is -1.36. The summed E-state index contributed by atoms with van der Waals surface area (Å²) in [6, 6.07) is 10.7. The number of nitrogens with one attached hydrogen (secondary N) is 2. The summed E-state index contributed by atoms with van der Waals surface area (Å²) in [6.45, 7) is 4.77. The number of aromatic amines is 1. The van der Waals surface area contributed by atoms with Gasteiger partial charge >= 0.3 is 0 Å². The summed E-state index contributed by atoms with van der Waals surface area (Å²) in [5.41, 5.74) is 3.15. The van der Waals surface area contributed by atoms with Crippen molar-refractivity contribution in [2.24, 2.45) is 0 Å². The number of imidazole rings is 1. The molecule has 1 aromatic heterocycles. The number of hydrogen-bond acceptors (Lipinski definition) is 6. The third-order valence-electron chi connectivity index (χ3n) is 5.70.